The SMILES string of the molecule is O=C(O)/C=C/CNC(=O)C(NC(=O)OCC1c2ccccc2-c2ccccc21)c1cccs1. The molecule has 0 radical (unpaired) electrons. The number of hydrogen-bond acceptors (Lipinski definition) is 5. The van der Waals surface area contributed by atoms with Gasteiger partial charge in [-0.2, -0.15) is 0 Å². The number of alkyl carbamates (subject to hydrolysis) is 1. The van der Waals surface area contributed by atoms with E-state index in [-0.39, 0.29) is 19.1 Å². The van der Waals surface area contributed by atoms with Gasteiger partial charge in [-0.25, -0.2) is 9.59 Å². The van der Waals surface area contributed by atoms with Crippen LogP contribution in [0.25, 0.3) is 11.1 Å². The molecule has 0 aliphatic heterocycles. The van der Waals surface area contributed by atoms with Gasteiger partial charge in [0.25, 0.3) is 0 Å². The molecule has 1 atom stereocenters. The Morgan fingerprint density at radius 3 is 2.27 bits per heavy atom. The molecule has 3 aromatic rings. The van der Waals surface area contributed by atoms with Crippen LogP contribution in [0.1, 0.15) is 28.0 Å². The third-order valence-electron chi connectivity index (χ3n) is 5.35. The third-order valence-corrected chi connectivity index (χ3v) is 6.29. The van der Waals surface area contributed by atoms with Crippen molar-refractivity contribution >= 4 is 29.3 Å². The largest absolute Gasteiger partial charge is 0.478 e. The van der Waals surface area contributed by atoms with Gasteiger partial charge in [0, 0.05) is 23.4 Å². The van der Waals surface area contributed by atoms with Crippen molar-refractivity contribution in [1.29, 1.82) is 0 Å². The molecule has 1 aromatic heterocycles. The van der Waals surface area contributed by atoms with Crippen LogP contribution in [0.15, 0.2) is 78.2 Å². The van der Waals surface area contributed by atoms with Crippen LogP contribution in [0, 0.1) is 0 Å². The maximum Gasteiger partial charge on any atom is 0.408 e. The van der Waals surface area contributed by atoms with Gasteiger partial charge in [0.1, 0.15) is 12.6 Å². The zero-order chi connectivity index (χ0) is 23.2. The first kappa shape index (κ1) is 22.3. The molecule has 0 fully saturated rings. The van der Waals surface area contributed by atoms with Crippen molar-refractivity contribution in [3.63, 3.8) is 0 Å². The van der Waals surface area contributed by atoms with Crippen molar-refractivity contribution in [3.8, 4) is 11.1 Å². The topological polar surface area (TPSA) is 105 Å². The number of ether oxygens (including phenoxy) is 1. The van der Waals surface area contributed by atoms with E-state index in [1.54, 1.807) is 17.5 Å². The van der Waals surface area contributed by atoms with Crippen LogP contribution in [-0.4, -0.2) is 36.2 Å². The fraction of sp³-hybridized carbons (Fsp3) is 0.160. The number of carbonyl (C=O) groups is 3. The van der Waals surface area contributed by atoms with Crippen LogP contribution in [0.3, 0.4) is 0 Å². The number of hydrogen-bond donors (Lipinski definition) is 3. The van der Waals surface area contributed by atoms with Gasteiger partial charge in [-0.1, -0.05) is 60.7 Å². The van der Waals surface area contributed by atoms with Gasteiger partial charge in [-0.05, 0) is 33.7 Å². The summed E-state index contributed by atoms with van der Waals surface area (Å²) in [7, 11) is 0. The molecule has 1 aliphatic carbocycles. The number of thiophene rings is 1. The average molecular weight is 463 g/mol. The molecule has 168 valence electrons. The Kier molecular flexibility index (Phi) is 6.85. The fourth-order valence-electron chi connectivity index (χ4n) is 3.90. The number of carboxylic acids is 1. The Morgan fingerprint density at radius 1 is 1.00 bits per heavy atom. The Balaban J connectivity index is 1.42. The zero-order valence-electron chi connectivity index (χ0n) is 17.6. The molecule has 1 unspecified atom stereocenters. The van der Waals surface area contributed by atoms with Crippen molar-refractivity contribution in [2.24, 2.45) is 0 Å². The number of aliphatic carboxylic acids is 1. The first-order chi connectivity index (χ1) is 16.0. The molecule has 7 nitrogen and oxygen atoms in total. The van der Waals surface area contributed by atoms with E-state index in [0.29, 0.717) is 4.88 Å². The highest BCUT2D eigenvalue weighted by molar-refractivity contribution is 7.10. The Bertz CT molecular complexity index is 1140. The number of amides is 2. The normalized spacial score (nSPS) is 13.2. The predicted octanol–water partition coefficient (Wildman–Crippen LogP) is 4.08. The Labute approximate surface area is 194 Å². The smallest absolute Gasteiger partial charge is 0.408 e. The minimum absolute atomic E-state index is 0.0272. The summed E-state index contributed by atoms with van der Waals surface area (Å²) < 4.78 is 5.56. The van der Waals surface area contributed by atoms with Crippen LogP contribution in [0.4, 0.5) is 4.79 Å². The highest BCUT2D eigenvalue weighted by Gasteiger charge is 2.30. The number of carboxylic acid groups (broad SMARTS) is 1. The van der Waals surface area contributed by atoms with Crippen molar-refractivity contribution < 1.29 is 24.2 Å². The monoisotopic (exact) mass is 462 g/mol. The first-order valence-corrected chi connectivity index (χ1v) is 11.2. The lowest BCUT2D eigenvalue weighted by Crippen LogP contribution is -2.40. The first-order valence-electron chi connectivity index (χ1n) is 10.4. The molecular formula is C25H22N2O5S. The van der Waals surface area contributed by atoms with Gasteiger partial charge in [0.15, 0.2) is 0 Å². The highest BCUT2D eigenvalue weighted by Crippen LogP contribution is 2.44. The molecule has 0 saturated heterocycles. The molecule has 33 heavy (non-hydrogen) atoms. The predicted molar refractivity (Wildman–Crippen MR) is 125 cm³/mol. The molecule has 1 aliphatic rings. The lowest BCUT2D eigenvalue weighted by atomic mass is 9.98. The minimum Gasteiger partial charge on any atom is -0.478 e. The van der Waals surface area contributed by atoms with E-state index in [1.165, 1.54) is 17.4 Å². The fourth-order valence-corrected chi connectivity index (χ4v) is 4.67. The maximum absolute atomic E-state index is 12.7. The molecule has 4 rings (SSSR count). The lowest BCUT2D eigenvalue weighted by Gasteiger charge is -2.18. The Morgan fingerprint density at radius 2 is 1.67 bits per heavy atom. The van der Waals surface area contributed by atoms with E-state index >= 15 is 0 Å². The second kappa shape index (κ2) is 10.1. The summed E-state index contributed by atoms with van der Waals surface area (Å²) >= 11 is 1.33. The van der Waals surface area contributed by atoms with E-state index in [2.05, 4.69) is 22.8 Å². The molecular weight excluding hydrogens is 440 g/mol. The number of benzene rings is 2. The van der Waals surface area contributed by atoms with Crippen LogP contribution in [0.5, 0.6) is 0 Å². The molecule has 8 heteroatoms. The standard InChI is InChI=1S/C25H22N2O5S/c28-22(29)12-5-13-26-24(30)23(21-11-6-14-33-21)27-25(31)32-15-20-18-9-3-1-7-16(18)17-8-2-4-10-19(17)20/h1-12,14,20,23H,13,15H2,(H,26,30)(H,27,31)(H,28,29)/b12-5+. The van der Waals surface area contributed by atoms with Crippen molar-refractivity contribution in [2.45, 2.75) is 12.0 Å². The number of carbonyl (C=O) groups excluding carboxylic acids is 2. The van der Waals surface area contributed by atoms with E-state index in [1.807, 2.05) is 36.4 Å². The molecule has 0 bridgehead atoms. The summed E-state index contributed by atoms with van der Waals surface area (Å²) in [5, 5.41) is 15.7. The summed E-state index contributed by atoms with van der Waals surface area (Å²) in [5.74, 6) is -1.64. The van der Waals surface area contributed by atoms with Gasteiger partial charge in [-0.3, -0.25) is 4.79 Å². The molecule has 0 spiro atoms. The molecule has 3 N–H and O–H groups in total. The van der Waals surface area contributed by atoms with Gasteiger partial charge in [-0.15, -0.1) is 11.3 Å². The van der Waals surface area contributed by atoms with E-state index < -0.39 is 24.0 Å². The molecule has 2 aromatic carbocycles. The van der Waals surface area contributed by atoms with E-state index in [4.69, 9.17) is 9.84 Å². The third kappa shape index (κ3) is 5.12. The highest BCUT2D eigenvalue weighted by atomic mass is 32.1. The van der Waals surface area contributed by atoms with Crippen molar-refractivity contribution in [3.05, 3.63) is 94.2 Å². The summed E-state index contributed by atoms with van der Waals surface area (Å²) in [6.45, 7) is 0.166. The molecule has 1 heterocycles. The second-order valence-corrected chi connectivity index (χ2v) is 8.38. The van der Waals surface area contributed by atoms with E-state index in [0.717, 1.165) is 28.3 Å². The summed E-state index contributed by atoms with van der Waals surface area (Å²) in [6, 6.07) is 18.7. The van der Waals surface area contributed by atoms with Crippen LogP contribution >= 0.6 is 11.3 Å². The van der Waals surface area contributed by atoms with E-state index in [9.17, 15) is 14.4 Å². The zero-order valence-corrected chi connectivity index (χ0v) is 18.4. The van der Waals surface area contributed by atoms with Crippen molar-refractivity contribution in [2.75, 3.05) is 13.2 Å². The van der Waals surface area contributed by atoms with Gasteiger partial charge in [0.2, 0.25) is 5.91 Å². The van der Waals surface area contributed by atoms with Gasteiger partial charge >= 0.3 is 12.1 Å². The Hall–Kier alpha value is -3.91. The van der Waals surface area contributed by atoms with Crippen molar-refractivity contribution in [1.82, 2.24) is 10.6 Å². The summed E-state index contributed by atoms with van der Waals surface area (Å²) in [6.07, 6.45) is 1.56. The maximum atomic E-state index is 12.7. The number of nitrogens with one attached hydrogen (secondary N) is 2. The second-order valence-electron chi connectivity index (χ2n) is 7.40. The van der Waals surface area contributed by atoms with Gasteiger partial charge in [0.05, 0.1) is 0 Å². The summed E-state index contributed by atoms with van der Waals surface area (Å²) in [4.78, 5) is 36.5. The van der Waals surface area contributed by atoms with Gasteiger partial charge < -0.3 is 20.5 Å². The lowest BCUT2D eigenvalue weighted by molar-refractivity contribution is -0.131. The van der Waals surface area contributed by atoms with Crippen LogP contribution in [-0.2, 0) is 14.3 Å². The molecule has 0 saturated carbocycles. The quantitative estimate of drug-likeness (QED) is 0.438. The molecule has 2 amide bonds. The number of rotatable bonds is 8. The minimum atomic E-state index is -1.10. The van der Waals surface area contributed by atoms with Crippen LogP contribution in [0.2, 0.25) is 0 Å². The summed E-state index contributed by atoms with van der Waals surface area (Å²) in [5.41, 5.74) is 4.47. The van der Waals surface area contributed by atoms with Crippen LogP contribution < -0.4 is 10.6 Å². The average Bonchev–Trinajstić information content (AvgIpc) is 3.45. The number of fused-ring (bicyclic) bond motifs is 3.